The van der Waals surface area contributed by atoms with Gasteiger partial charge in [-0.05, 0) is 48.9 Å². The first-order valence-corrected chi connectivity index (χ1v) is 8.62. The molecule has 0 radical (unpaired) electrons. The topological polar surface area (TPSA) is 66.8 Å². The molecule has 26 heavy (non-hydrogen) atoms. The number of anilines is 1. The Morgan fingerprint density at radius 1 is 1.19 bits per heavy atom. The first-order valence-electron chi connectivity index (χ1n) is 7.82. The molecular weight excluding hydrogens is 398 g/mol. The molecule has 1 aliphatic heterocycles. The van der Waals surface area contributed by atoms with Crippen molar-refractivity contribution in [1.29, 1.82) is 0 Å². The third kappa shape index (κ3) is 3.28. The Balaban J connectivity index is 2.15. The molecule has 2 aromatic carbocycles. The van der Waals surface area contributed by atoms with Crippen LogP contribution in [-0.2, 0) is 14.3 Å². The van der Waals surface area contributed by atoms with Crippen molar-refractivity contribution in [3.63, 3.8) is 0 Å². The number of amides is 1. The Hall–Kier alpha value is -2.86. The number of carbonyl (C=O) groups excluding carboxylic acids is 2. The van der Waals surface area contributed by atoms with Crippen molar-refractivity contribution in [2.45, 2.75) is 6.92 Å². The number of allylic oxidation sites excluding steroid dienone is 1. The summed E-state index contributed by atoms with van der Waals surface area (Å²) in [6.45, 7) is 1.70. The van der Waals surface area contributed by atoms with E-state index >= 15 is 0 Å². The molecule has 6 heteroatoms. The number of ether oxygens (including phenoxy) is 1. The molecule has 132 valence electrons. The van der Waals surface area contributed by atoms with Gasteiger partial charge in [-0.1, -0.05) is 34.1 Å². The van der Waals surface area contributed by atoms with E-state index in [1.165, 1.54) is 24.1 Å². The zero-order valence-corrected chi connectivity index (χ0v) is 15.8. The van der Waals surface area contributed by atoms with Crippen molar-refractivity contribution in [3.8, 4) is 5.75 Å². The lowest BCUT2D eigenvalue weighted by Gasteiger charge is -2.18. The first kappa shape index (κ1) is 17.9. The van der Waals surface area contributed by atoms with Gasteiger partial charge in [-0.2, -0.15) is 0 Å². The second-order valence-electron chi connectivity index (χ2n) is 5.73. The standard InChI is InChI=1S/C20H16BrNO4/c1-12-18(20(25)26-2)17(10-13-5-3-8-16(23)9-13)19(24)22(12)15-7-4-6-14(21)11-15/h3-11,23H,1-2H3/b17-10-. The van der Waals surface area contributed by atoms with Crippen LogP contribution >= 0.6 is 15.9 Å². The van der Waals surface area contributed by atoms with E-state index in [0.717, 1.165) is 4.47 Å². The number of benzene rings is 2. The van der Waals surface area contributed by atoms with E-state index in [-0.39, 0.29) is 22.8 Å². The smallest absolute Gasteiger partial charge is 0.340 e. The molecular formula is C20H16BrNO4. The lowest BCUT2D eigenvalue weighted by atomic mass is 10.0. The fourth-order valence-corrected chi connectivity index (χ4v) is 3.27. The molecule has 0 unspecified atom stereocenters. The van der Waals surface area contributed by atoms with Gasteiger partial charge in [0.15, 0.2) is 0 Å². The van der Waals surface area contributed by atoms with Gasteiger partial charge in [-0.15, -0.1) is 0 Å². The number of halogens is 1. The van der Waals surface area contributed by atoms with Crippen molar-refractivity contribution in [2.24, 2.45) is 0 Å². The van der Waals surface area contributed by atoms with Crippen LogP contribution in [-0.4, -0.2) is 24.1 Å². The number of carbonyl (C=O) groups is 2. The molecule has 0 spiro atoms. The maximum atomic E-state index is 13.1. The number of rotatable bonds is 3. The number of nitrogens with zero attached hydrogens (tertiary/aromatic N) is 1. The van der Waals surface area contributed by atoms with Crippen LogP contribution in [0.15, 0.2) is 69.8 Å². The lowest BCUT2D eigenvalue weighted by molar-refractivity contribution is -0.136. The predicted molar refractivity (Wildman–Crippen MR) is 102 cm³/mol. The van der Waals surface area contributed by atoms with Crippen LogP contribution in [0.1, 0.15) is 12.5 Å². The highest BCUT2D eigenvalue weighted by Crippen LogP contribution is 2.36. The highest BCUT2D eigenvalue weighted by atomic mass is 79.9. The molecule has 1 heterocycles. The Bertz CT molecular complexity index is 962. The summed E-state index contributed by atoms with van der Waals surface area (Å²) in [4.78, 5) is 26.9. The SMILES string of the molecule is COC(=O)C1=C(C)N(c2cccc(Br)c2)C(=O)/C1=C\c1cccc(O)c1. The van der Waals surface area contributed by atoms with Crippen molar-refractivity contribution < 1.29 is 19.4 Å². The average molecular weight is 414 g/mol. The minimum absolute atomic E-state index is 0.0777. The van der Waals surface area contributed by atoms with Crippen LogP contribution in [0.2, 0.25) is 0 Å². The first-order chi connectivity index (χ1) is 12.4. The molecule has 0 atom stereocenters. The molecule has 0 saturated heterocycles. The zero-order chi connectivity index (χ0) is 18.8. The summed E-state index contributed by atoms with van der Waals surface area (Å²) < 4.78 is 5.70. The van der Waals surface area contributed by atoms with Crippen LogP contribution in [0.3, 0.4) is 0 Å². The molecule has 1 aliphatic rings. The molecule has 3 rings (SSSR count). The maximum absolute atomic E-state index is 13.1. The fraction of sp³-hybridized carbons (Fsp3) is 0.100. The van der Waals surface area contributed by atoms with E-state index in [1.807, 2.05) is 12.1 Å². The number of methoxy groups -OCH3 is 1. The summed E-state index contributed by atoms with van der Waals surface area (Å²) in [5.41, 5.74) is 2.17. The van der Waals surface area contributed by atoms with Gasteiger partial charge in [-0.3, -0.25) is 9.69 Å². The van der Waals surface area contributed by atoms with Crippen LogP contribution in [0.25, 0.3) is 6.08 Å². The minimum Gasteiger partial charge on any atom is -0.508 e. The predicted octanol–water partition coefficient (Wildman–Crippen LogP) is 4.03. The molecule has 5 nitrogen and oxygen atoms in total. The molecule has 2 aromatic rings. The van der Waals surface area contributed by atoms with Gasteiger partial charge in [0, 0.05) is 10.2 Å². The third-order valence-corrected chi connectivity index (χ3v) is 4.53. The van der Waals surface area contributed by atoms with Crippen molar-refractivity contribution >= 4 is 39.6 Å². The summed E-state index contributed by atoms with van der Waals surface area (Å²) in [5.74, 6) is -0.835. The monoisotopic (exact) mass is 413 g/mol. The highest BCUT2D eigenvalue weighted by molar-refractivity contribution is 9.10. The number of hydrogen-bond donors (Lipinski definition) is 1. The van der Waals surface area contributed by atoms with Crippen molar-refractivity contribution in [3.05, 3.63) is 75.4 Å². The number of phenols is 1. The summed E-state index contributed by atoms with van der Waals surface area (Å²) in [7, 11) is 1.28. The Kier molecular flexibility index (Phi) is 4.95. The quantitative estimate of drug-likeness (QED) is 0.609. The third-order valence-electron chi connectivity index (χ3n) is 4.04. The van der Waals surface area contributed by atoms with E-state index in [4.69, 9.17) is 4.74 Å². The van der Waals surface area contributed by atoms with Crippen molar-refractivity contribution in [1.82, 2.24) is 0 Å². The summed E-state index contributed by atoms with van der Waals surface area (Å²) in [6, 6.07) is 13.7. The molecule has 1 amide bonds. The maximum Gasteiger partial charge on any atom is 0.340 e. The van der Waals surface area contributed by atoms with E-state index in [0.29, 0.717) is 16.9 Å². The number of phenolic OH excluding ortho intramolecular Hbond substituents is 1. The van der Waals surface area contributed by atoms with Gasteiger partial charge < -0.3 is 9.84 Å². The van der Waals surface area contributed by atoms with Gasteiger partial charge in [0.2, 0.25) is 0 Å². The molecule has 0 fully saturated rings. The van der Waals surface area contributed by atoms with Crippen molar-refractivity contribution in [2.75, 3.05) is 12.0 Å². The van der Waals surface area contributed by atoms with Crippen LogP contribution in [0.4, 0.5) is 5.69 Å². The van der Waals surface area contributed by atoms with Gasteiger partial charge >= 0.3 is 5.97 Å². The summed E-state index contributed by atoms with van der Waals surface area (Å²) >= 11 is 3.40. The number of aromatic hydroxyl groups is 1. The average Bonchev–Trinajstić information content (AvgIpc) is 2.84. The highest BCUT2D eigenvalue weighted by Gasteiger charge is 2.37. The van der Waals surface area contributed by atoms with E-state index in [9.17, 15) is 14.7 Å². The van der Waals surface area contributed by atoms with Gasteiger partial charge in [0.25, 0.3) is 5.91 Å². The number of esters is 1. The summed E-state index contributed by atoms with van der Waals surface area (Å²) in [6.07, 6.45) is 1.58. The van der Waals surface area contributed by atoms with Gasteiger partial charge in [0.1, 0.15) is 5.75 Å². The fourth-order valence-electron chi connectivity index (χ4n) is 2.89. The minimum atomic E-state index is -0.584. The molecule has 0 bridgehead atoms. The second kappa shape index (κ2) is 7.17. The van der Waals surface area contributed by atoms with E-state index in [1.54, 1.807) is 37.3 Å². The van der Waals surface area contributed by atoms with Gasteiger partial charge in [0.05, 0.1) is 23.9 Å². The molecule has 1 N–H and O–H groups in total. The van der Waals surface area contributed by atoms with Crippen LogP contribution in [0.5, 0.6) is 5.75 Å². The largest absolute Gasteiger partial charge is 0.508 e. The van der Waals surface area contributed by atoms with E-state index < -0.39 is 5.97 Å². The molecule has 0 aromatic heterocycles. The zero-order valence-electron chi connectivity index (χ0n) is 14.2. The lowest BCUT2D eigenvalue weighted by Crippen LogP contribution is -2.24. The van der Waals surface area contributed by atoms with Gasteiger partial charge in [-0.25, -0.2) is 4.79 Å². The molecule has 0 saturated carbocycles. The summed E-state index contributed by atoms with van der Waals surface area (Å²) in [5, 5.41) is 9.65. The Morgan fingerprint density at radius 3 is 2.58 bits per heavy atom. The van der Waals surface area contributed by atoms with E-state index in [2.05, 4.69) is 15.9 Å². The number of hydrogen-bond acceptors (Lipinski definition) is 4. The Morgan fingerprint density at radius 2 is 1.92 bits per heavy atom. The van der Waals surface area contributed by atoms with Crippen LogP contribution < -0.4 is 4.90 Å². The normalized spacial score (nSPS) is 15.7. The Labute approximate surface area is 159 Å². The second-order valence-corrected chi connectivity index (χ2v) is 6.64. The van der Waals surface area contributed by atoms with Crippen LogP contribution in [0, 0.1) is 0 Å². The molecule has 0 aliphatic carbocycles.